The molecular formula is C23H15ClFN3O3S. The van der Waals surface area contributed by atoms with E-state index < -0.39 is 17.6 Å². The van der Waals surface area contributed by atoms with Crippen molar-refractivity contribution in [1.82, 2.24) is 5.01 Å². The van der Waals surface area contributed by atoms with Crippen LogP contribution >= 0.6 is 22.9 Å². The molecule has 32 heavy (non-hydrogen) atoms. The lowest BCUT2D eigenvalue weighted by molar-refractivity contribution is -0.132. The van der Waals surface area contributed by atoms with Crippen LogP contribution in [0.4, 0.5) is 10.1 Å². The van der Waals surface area contributed by atoms with Crippen LogP contribution < -0.4 is 4.90 Å². The number of nitrogens with zero attached hydrogens (tertiary/aromatic N) is 3. The van der Waals surface area contributed by atoms with E-state index in [1.165, 1.54) is 34.5 Å². The van der Waals surface area contributed by atoms with Crippen molar-refractivity contribution in [3.05, 3.63) is 86.8 Å². The molecule has 3 aromatic rings. The predicted octanol–water partition coefficient (Wildman–Crippen LogP) is 4.45. The summed E-state index contributed by atoms with van der Waals surface area (Å²) in [5, 5.41) is 8.13. The van der Waals surface area contributed by atoms with Gasteiger partial charge in [-0.3, -0.25) is 19.3 Å². The first kappa shape index (κ1) is 20.5. The highest BCUT2D eigenvalue weighted by molar-refractivity contribution is 7.10. The SMILES string of the molecule is O=C1C(=O)N(CC(=O)N2N=C(c3ccc(F)cc3)CC2c2cccs2)c2ccc(Cl)cc21. The lowest BCUT2D eigenvalue weighted by Gasteiger charge is -2.23. The molecule has 0 fully saturated rings. The minimum absolute atomic E-state index is 0.182. The van der Waals surface area contributed by atoms with Crippen molar-refractivity contribution in [3.63, 3.8) is 0 Å². The molecule has 160 valence electrons. The van der Waals surface area contributed by atoms with E-state index in [1.807, 2.05) is 17.5 Å². The van der Waals surface area contributed by atoms with Gasteiger partial charge in [0.15, 0.2) is 0 Å². The number of carbonyl (C=O) groups is 3. The summed E-state index contributed by atoms with van der Waals surface area (Å²) >= 11 is 7.45. The van der Waals surface area contributed by atoms with Gasteiger partial charge in [-0.05, 0) is 47.3 Å². The Morgan fingerprint density at radius 2 is 1.94 bits per heavy atom. The van der Waals surface area contributed by atoms with Crippen LogP contribution in [-0.4, -0.2) is 34.9 Å². The van der Waals surface area contributed by atoms with E-state index >= 15 is 0 Å². The minimum atomic E-state index is -0.773. The fraction of sp³-hybridized carbons (Fsp3) is 0.130. The average molecular weight is 468 g/mol. The number of hydrogen-bond acceptors (Lipinski definition) is 5. The number of amides is 2. The number of fused-ring (bicyclic) bond motifs is 1. The third-order valence-electron chi connectivity index (χ3n) is 5.44. The van der Waals surface area contributed by atoms with Crippen LogP contribution in [0.15, 0.2) is 65.1 Å². The smallest absolute Gasteiger partial charge is 0.295 e. The molecule has 0 saturated heterocycles. The third-order valence-corrected chi connectivity index (χ3v) is 6.65. The molecular weight excluding hydrogens is 453 g/mol. The molecule has 1 unspecified atom stereocenters. The molecule has 0 N–H and O–H groups in total. The maximum atomic E-state index is 13.3. The van der Waals surface area contributed by atoms with Crippen LogP contribution in [0, 0.1) is 5.82 Å². The Morgan fingerprint density at radius 1 is 1.16 bits per heavy atom. The van der Waals surface area contributed by atoms with Crippen LogP contribution in [0.2, 0.25) is 5.02 Å². The standard InChI is InChI=1S/C23H15ClFN3O3S/c24-14-5-8-18-16(10-14)22(30)23(31)27(18)12-21(29)28-19(20-2-1-9-32-20)11-17(26-28)13-3-6-15(25)7-4-13/h1-10,19H,11-12H2. The first-order valence-electron chi connectivity index (χ1n) is 9.77. The number of hydrazone groups is 1. The zero-order valence-electron chi connectivity index (χ0n) is 16.5. The van der Waals surface area contributed by atoms with Gasteiger partial charge in [-0.1, -0.05) is 29.8 Å². The van der Waals surface area contributed by atoms with Gasteiger partial charge in [0.1, 0.15) is 12.4 Å². The van der Waals surface area contributed by atoms with Crippen LogP contribution in [0.5, 0.6) is 0 Å². The number of halogens is 2. The van der Waals surface area contributed by atoms with E-state index in [2.05, 4.69) is 5.10 Å². The number of benzene rings is 2. The lowest BCUT2D eigenvalue weighted by atomic mass is 10.0. The molecule has 9 heteroatoms. The zero-order chi connectivity index (χ0) is 22.4. The highest BCUT2D eigenvalue weighted by atomic mass is 35.5. The first-order valence-corrected chi connectivity index (χ1v) is 11.0. The molecule has 0 aliphatic carbocycles. The summed E-state index contributed by atoms with van der Waals surface area (Å²) in [6.07, 6.45) is 0.455. The number of Topliss-reactive ketones (excluding diaryl/α,β-unsaturated/α-hetero) is 1. The van der Waals surface area contributed by atoms with E-state index in [4.69, 9.17) is 11.6 Å². The molecule has 2 aliphatic rings. The van der Waals surface area contributed by atoms with Crippen LogP contribution in [-0.2, 0) is 9.59 Å². The second-order valence-corrected chi connectivity index (χ2v) is 8.82. The predicted molar refractivity (Wildman–Crippen MR) is 120 cm³/mol. The molecule has 0 bridgehead atoms. The van der Waals surface area contributed by atoms with Crippen molar-refractivity contribution in [2.75, 3.05) is 11.4 Å². The summed E-state index contributed by atoms with van der Waals surface area (Å²) in [7, 11) is 0. The maximum Gasteiger partial charge on any atom is 0.299 e. The van der Waals surface area contributed by atoms with Gasteiger partial charge in [0.05, 0.1) is 23.0 Å². The number of thiophene rings is 1. The van der Waals surface area contributed by atoms with E-state index in [-0.39, 0.29) is 24.0 Å². The molecule has 2 aromatic carbocycles. The van der Waals surface area contributed by atoms with Crippen molar-refractivity contribution >= 4 is 51.9 Å². The molecule has 2 amide bonds. The van der Waals surface area contributed by atoms with Crippen LogP contribution in [0.25, 0.3) is 0 Å². The van der Waals surface area contributed by atoms with E-state index in [9.17, 15) is 18.8 Å². The van der Waals surface area contributed by atoms with Crippen LogP contribution in [0.1, 0.15) is 33.3 Å². The molecule has 6 nitrogen and oxygen atoms in total. The maximum absolute atomic E-state index is 13.3. The molecule has 2 aliphatic heterocycles. The largest absolute Gasteiger partial charge is 0.299 e. The van der Waals surface area contributed by atoms with Crippen molar-refractivity contribution in [2.24, 2.45) is 5.10 Å². The molecule has 0 spiro atoms. The van der Waals surface area contributed by atoms with E-state index in [0.29, 0.717) is 22.8 Å². The monoisotopic (exact) mass is 467 g/mol. The Kier molecular flexibility index (Phi) is 5.11. The van der Waals surface area contributed by atoms with E-state index in [0.717, 1.165) is 15.3 Å². The molecule has 3 heterocycles. The van der Waals surface area contributed by atoms with Gasteiger partial charge >= 0.3 is 0 Å². The Hall–Kier alpha value is -3.36. The van der Waals surface area contributed by atoms with Crippen molar-refractivity contribution in [1.29, 1.82) is 0 Å². The quantitative estimate of drug-likeness (QED) is 0.532. The second-order valence-electron chi connectivity index (χ2n) is 7.41. The van der Waals surface area contributed by atoms with Crippen LogP contribution in [0.3, 0.4) is 0 Å². The summed E-state index contributed by atoms with van der Waals surface area (Å²) < 4.78 is 13.3. The fourth-order valence-corrected chi connectivity index (χ4v) is 4.88. The molecule has 0 radical (unpaired) electrons. The summed E-state index contributed by atoms with van der Waals surface area (Å²) in [4.78, 5) is 40.3. The topological polar surface area (TPSA) is 70.1 Å². The molecule has 1 aromatic heterocycles. The van der Waals surface area contributed by atoms with Crippen molar-refractivity contribution < 1.29 is 18.8 Å². The molecule has 1 atom stereocenters. The highest BCUT2D eigenvalue weighted by Gasteiger charge is 2.40. The number of hydrogen-bond donors (Lipinski definition) is 0. The summed E-state index contributed by atoms with van der Waals surface area (Å²) in [5.41, 5.74) is 1.90. The fourth-order valence-electron chi connectivity index (χ4n) is 3.90. The summed E-state index contributed by atoms with van der Waals surface area (Å²) in [5.74, 6) is -2.25. The molecule has 5 rings (SSSR count). The second kappa shape index (κ2) is 7.96. The Balaban J connectivity index is 1.46. The van der Waals surface area contributed by atoms with Crippen molar-refractivity contribution in [3.8, 4) is 0 Å². The first-order chi connectivity index (χ1) is 15.4. The number of carbonyl (C=O) groups excluding carboxylic acids is 3. The number of ketones is 1. The number of anilines is 1. The van der Waals surface area contributed by atoms with Gasteiger partial charge in [-0.15, -0.1) is 11.3 Å². The van der Waals surface area contributed by atoms with Gasteiger partial charge in [-0.25, -0.2) is 9.40 Å². The zero-order valence-corrected chi connectivity index (χ0v) is 18.1. The normalized spacial score (nSPS) is 17.7. The molecule has 0 saturated carbocycles. The van der Waals surface area contributed by atoms with E-state index in [1.54, 1.807) is 24.3 Å². The van der Waals surface area contributed by atoms with Crippen molar-refractivity contribution in [2.45, 2.75) is 12.5 Å². The number of rotatable bonds is 4. The minimum Gasteiger partial charge on any atom is -0.295 e. The van der Waals surface area contributed by atoms with Gasteiger partial charge in [0.25, 0.3) is 17.6 Å². The van der Waals surface area contributed by atoms with Gasteiger partial charge in [-0.2, -0.15) is 5.10 Å². The highest BCUT2D eigenvalue weighted by Crippen LogP contribution is 2.36. The van der Waals surface area contributed by atoms with Gasteiger partial charge in [0, 0.05) is 16.3 Å². The lowest BCUT2D eigenvalue weighted by Crippen LogP contribution is -2.40. The summed E-state index contributed by atoms with van der Waals surface area (Å²) in [6.45, 7) is -0.332. The Labute approximate surface area is 191 Å². The van der Waals surface area contributed by atoms with Gasteiger partial charge < -0.3 is 0 Å². The third kappa shape index (κ3) is 3.51. The summed E-state index contributed by atoms with van der Waals surface area (Å²) in [6, 6.07) is 13.9. The Morgan fingerprint density at radius 3 is 2.66 bits per heavy atom. The average Bonchev–Trinajstić information content (AvgIpc) is 3.51. The van der Waals surface area contributed by atoms with Gasteiger partial charge in [0.2, 0.25) is 0 Å². The Bertz CT molecular complexity index is 1270.